The van der Waals surface area contributed by atoms with Crippen molar-refractivity contribution in [1.29, 1.82) is 26.3 Å². The van der Waals surface area contributed by atoms with Crippen molar-refractivity contribution in [2.24, 2.45) is 56.7 Å². The van der Waals surface area contributed by atoms with Crippen LogP contribution in [0.4, 0.5) is 0 Å². The molecule has 0 aromatic rings. The first-order valence-corrected chi connectivity index (χ1v) is 22.9. The first kappa shape index (κ1) is 50.6. The average Bonchev–Trinajstić information content (AvgIpc) is 3.99. The molecule has 0 N–H and O–H groups in total. The highest BCUT2D eigenvalue weighted by Crippen LogP contribution is 2.56. The second-order valence-corrected chi connectivity index (χ2v) is 19.6. The highest BCUT2D eigenvalue weighted by Gasteiger charge is 2.56. The Morgan fingerprint density at radius 3 is 0.881 bits per heavy atom. The fraction of sp³-hybridized carbons (Fsp3) is 0.898. The van der Waals surface area contributed by atoms with Gasteiger partial charge in [-0.05, 0) is 119 Å². The van der Waals surface area contributed by atoms with E-state index < -0.39 is 0 Å². The Morgan fingerprint density at radius 2 is 0.729 bits per heavy atom. The lowest BCUT2D eigenvalue weighted by atomic mass is 9.63. The standard InChI is InChI=1S/C11H19NO.C10H15NO.C10H17NO.C9H13NO.C9H15NO/c1-4-9(5-2)10(13-3)11(8-12)6-7-11;1-12-9(8-3-2-4-8)10(7-11)5-6-10;1-8(2)9(12-3)10(7-11)5-4-6-10;1-11-8(7-2-3-7)9(6-10)4-5-9;1-7(2)8(11-3)9(6-10)4-5-9/h9-10H,4-7H2,1-3H3;8-9H,2-6H2,1H3;8-9H,4-6H2,1-3H3;7-8H,2-5H2,1H3;7-8H,4-5H2,1-3H3. The van der Waals surface area contributed by atoms with Gasteiger partial charge in [0.25, 0.3) is 0 Å². The molecule has 7 aliphatic carbocycles. The minimum absolute atomic E-state index is 0.0735. The normalized spacial score (nSPS) is 24.8. The van der Waals surface area contributed by atoms with E-state index >= 15 is 0 Å². The number of rotatable bonds is 17. The number of nitriles is 5. The lowest BCUT2D eigenvalue weighted by Gasteiger charge is -2.43. The van der Waals surface area contributed by atoms with E-state index in [1.165, 1.54) is 38.5 Å². The fourth-order valence-corrected chi connectivity index (χ4v) is 10.1. The van der Waals surface area contributed by atoms with Gasteiger partial charge in [-0.2, -0.15) is 26.3 Å². The van der Waals surface area contributed by atoms with Crippen LogP contribution in [0.15, 0.2) is 0 Å². The molecular formula is C49H79N5O5. The number of hydrogen-bond donors (Lipinski definition) is 0. The third-order valence-electron chi connectivity index (χ3n) is 14.8. The van der Waals surface area contributed by atoms with Crippen LogP contribution in [-0.4, -0.2) is 66.1 Å². The zero-order valence-corrected chi connectivity index (χ0v) is 38.8. The van der Waals surface area contributed by atoms with Crippen LogP contribution >= 0.6 is 0 Å². The maximum absolute atomic E-state index is 9.07. The van der Waals surface area contributed by atoms with E-state index in [0.29, 0.717) is 29.6 Å². The smallest absolute Gasteiger partial charge is 0.0838 e. The fourth-order valence-electron chi connectivity index (χ4n) is 10.1. The molecule has 0 aliphatic heterocycles. The van der Waals surface area contributed by atoms with Crippen LogP contribution < -0.4 is 0 Å². The molecule has 7 saturated carbocycles. The van der Waals surface area contributed by atoms with E-state index in [1.54, 1.807) is 35.5 Å². The van der Waals surface area contributed by atoms with E-state index in [2.05, 4.69) is 71.9 Å². The van der Waals surface area contributed by atoms with Gasteiger partial charge >= 0.3 is 0 Å². The Kier molecular flexibility index (Phi) is 19.2. The number of nitrogens with zero attached hydrogens (tertiary/aromatic N) is 5. The van der Waals surface area contributed by atoms with Crippen molar-refractivity contribution in [2.75, 3.05) is 35.5 Å². The van der Waals surface area contributed by atoms with Crippen molar-refractivity contribution in [2.45, 2.75) is 188 Å². The molecule has 0 aromatic carbocycles. The molecular weight excluding hydrogens is 739 g/mol. The maximum atomic E-state index is 9.07. The summed E-state index contributed by atoms with van der Waals surface area (Å²) in [5, 5.41) is 44.9. The third-order valence-corrected chi connectivity index (χ3v) is 14.8. The average molecular weight is 818 g/mol. The summed E-state index contributed by atoms with van der Waals surface area (Å²) < 4.78 is 27.0. The molecule has 0 radical (unpaired) electrons. The molecule has 0 aromatic heterocycles. The summed E-state index contributed by atoms with van der Waals surface area (Å²) >= 11 is 0. The number of methoxy groups -OCH3 is 5. The molecule has 330 valence electrons. The van der Waals surface area contributed by atoms with Gasteiger partial charge in [0.1, 0.15) is 0 Å². The molecule has 0 saturated heterocycles. The van der Waals surface area contributed by atoms with E-state index in [-0.39, 0.29) is 57.6 Å². The van der Waals surface area contributed by atoms with Crippen LogP contribution in [0.5, 0.6) is 0 Å². The lowest BCUT2D eigenvalue weighted by Crippen LogP contribution is -2.44. The van der Waals surface area contributed by atoms with Gasteiger partial charge in [-0.15, -0.1) is 0 Å². The van der Waals surface area contributed by atoms with Gasteiger partial charge in [0.05, 0.1) is 87.9 Å². The highest BCUT2D eigenvalue weighted by molar-refractivity contribution is 5.18. The SMILES string of the molecule is CCC(CC)C(OC)C1(C#N)CC1.COC(C(C)C)C1(C#N)CC1.COC(C(C)C)C1(C#N)CCC1.COC(C1CC1)C1(C#N)CC1.COC(C1CCC1)C1(C#N)CC1. The predicted molar refractivity (Wildman–Crippen MR) is 229 cm³/mol. The van der Waals surface area contributed by atoms with Crippen LogP contribution in [0.2, 0.25) is 0 Å². The maximum Gasteiger partial charge on any atom is 0.0838 e. The summed E-state index contributed by atoms with van der Waals surface area (Å²) in [5.74, 6) is 2.81. The molecule has 0 heterocycles. The van der Waals surface area contributed by atoms with E-state index in [9.17, 15) is 0 Å². The van der Waals surface area contributed by atoms with Crippen molar-refractivity contribution in [3.05, 3.63) is 0 Å². The summed E-state index contributed by atoms with van der Waals surface area (Å²) in [6.45, 7) is 12.8. The highest BCUT2D eigenvalue weighted by atomic mass is 16.5. The molecule has 5 unspecified atom stereocenters. The minimum atomic E-state index is -0.164. The summed E-state index contributed by atoms with van der Waals surface area (Å²) in [4.78, 5) is 0. The summed E-state index contributed by atoms with van der Waals surface area (Å²) in [7, 11) is 8.63. The molecule has 59 heavy (non-hydrogen) atoms. The Balaban J connectivity index is 0.000000197. The molecule has 0 spiro atoms. The summed E-state index contributed by atoms with van der Waals surface area (Å²) in [5.41, 5.74) is -0.590. The zero-order valence-electron chi connectivity index (χ0n) is 38.8. The molecule has 7 aliphatic rings. The van der Waals surface area contributed by atoms with Crippen LogP contribution in [0.1, 0.15) is 157 Å². The monoisotopic (exact) mass is 818 g/mol. The number of ether oxygens (including phenoxy) is 5. The van der Waals surface area contributed by atoms with Crippen LogP contribution in [0, 0.1) is 113 Å². The van der Waals surface area contributed by atoms with Crippen molar-refractivity contribution in [3.63, 3.8) is 0 Å². The Hall–Kier alpha value is -2.75. The van der Waals surface area contributed by atoms with Crippen molar-refractivity contribution in [3.8, 4) is 30.3 Å². The first-order chi connectivity index (χ1) is 28.2. The van der Waals surface area contributed by atoms with Gasteiger partial charge in [0, 0.05) is 35.5 Å². The quantitative estimate of drug-likeness (QED) is 0.138. The Morgan fingerprint density at radius 1 is 0.424 bits per heavy atom. The molecule has 5 atom stereocenters. The van der Waals surface area contributed by atoms with Gasteiger partial charge < -0.3 is 23.7 Å². The van der Waals surface area contributed by atoms with Gasteiger partial charge in [0.15, 0.2) is 0 Å². The van der Waals surface area contributed by atoms with E-state index in [0.717, 1.165) is 77.0 Å². The first-order valence-electron chi connectivity index (χ1n) is 22.9. The van der Waals surface area contributed by atoms with Crippen molar-refractivity contribution in [1.82, 2.24) is 0 Å². The van der Waals surface area contributed by atoms with Crippen molar-refractivity contribution < 1.29 is 23.7 Å². The molecule has 7 fully saturated rings. The van der Waals surface area contributed by atoms with E-state index in [4.69, 9.17) is 50.0 Å². The number of hydrogen-bond acceptors (Lipinski definition) is 10. The zero-order chi connectivity index (χ0) is 44.1. The minimum Gasteiger partial charge on any atom is -0.380 e. The van der Waals surface area contributed by atoms with Gasteiger partial charge in [-0.25, -0.2) is 0 Å². The largest absolute Gasteiger partial charge is 0.380 e. The topological polar surface area (TPSA) is 165 Å². The van der Waals surface area contributed by atoms with E-state index in [1.807, 2.05) is 0 Å². The summed E-state index contributed by atoms with van der Waals surface area (Å²) in [6, 6.07) is 12.0. The molecule has 10 nitrogen and oxygen atoms in total. The summed E-state index contributed by atoms with van der Waals surface area (Å²) in [6.07, 6.45) is 21.0. The van der Waals surface area contributed by atoms with Crippen LogP contribution in [-0.2, 0) is 23.7 Å². The second-order valence-electron chi connectivity index (χ2n) is 19.6. The third kappa shape index (κ3) is 12.2. The Labute approximate surface area is 359 Å². The van der Waals surface area contributed by atoms with Crippen molar-refractivity contribution >= 4 is 0 Å². The molecule has 0 amide bonds. The molecule has 10 heteroatoms. The second kappa shape index (κ2) is 22.4. The molecule has 0 bridgehead atoms. The molecule has 7 rings (SSSR count). The van der Waals surface area contributed by atoms with Gasteiger partial charge in [0.2, 0.25) is 0 Å². The van der Waals surface area contributed by atoms with Gasteiger partial charge in [-0.3, -0.25) is 0 Å². The van der Waals surface area contributed by atoms with Crippen LogP contribution in [0.3, 0.4) is 0 Å². The van der Waals surface area contributed by atoms with Crippen LogP contribution in [0.25, 0.3) is 0 Å². The van der Waals surface area contributed by atoms with Gasteiger partial charge in [-0.1, -0.05) is 67.2 Å². The lowest BCUT2D eigenvalue weighted by molar-refractivity contribution is -0.0515. The predicted octanol–water partition coefficient (Wildman–Crippen LogP) is 10.9. The Bertz CT molecular complexity index is 1460.